The number of rotatable bonds is 3. The molecule has 2 aromatic carbocycles. The second-order valence-electron chi connectivity index (χ2n) is 10.3. The van der Waals surface area contributed by atoms with Crippen molar-refractivity contribution in [3.63, 3.8) is 0 Å². The van der Waals surface area contributed by atoms with Crippen LogP contribution in [0.25, 0.3) is 11.1 Å². The van der Waals surface area contributed by atoms with Gasteiger partial charge in [0.15, 0.2) is 11.6 Å². The van der Waals surface area contributed by atoms with Crippen LogP contribution < -0.4 is 5.32 Å². The van der Waals surface area contributed by atoms with E-state index in [1.54, 1.807) is 6.07 Å². The molecule has 1 amide bonds. The van der Waals surface area contributed by atoms with E-state index in [1.165, 1.54) is 0 Å². The van der Waals surface area contributed by atoms with Crippen LogP contribution in [0.15, 0.2) is 30.3 Å². The maximum Gasteiger partial charge on any atom is 0.407 e. The number of benzene rings is 2. The standard InChI is InChI=1S/C26H29F3N2O2/c1-26(2)8-5-17-11-16(19-12-21(28)22(29)13-20(19)27)3-4-18(17)24(26)30-25(32)33-23-14-31-9-6-15(23)7-10-31/h3-4,11-13,15,23-24H,5-10,14H2,1-2H3,(H,30,32)/t23-,24?/m1/s1. The van der Waals surface area contributed by atoms with Crippen LogP contribution >= 0.6 is 0 Å². The molecule has 0 aromatic heterocycles. The highest BCUT2D eigenvalue weighted by atomic mass is 19.2. The van der Waals surface area contributed by atoms with Gasteiger partial charge in [-0.15, -0.1) is 0 Å². The second-order valence-corrected chi connectivity index (χ2v) is 10.3. The van der Waals surface area contributed by atoms with Crippen molar-refractivity contribution >= 4 is 6.09 Å². The van der Waals surface area contributed by atoms with E-state index >= 15 is 0 Å². The first-order valence-electron chi connectivity index (χ1n) is 11.7. The van der Waals surface area contributed by atoms with E-state index in [0.717, 1.165) is 62.5 Å². The number of carbonyl (C=O) groups is 1. The second kappa shape index (κ2) is 8.35. The minimum absolute atomic E-state index is 0.0211. The molecule has 0 spiro atoms. The third-order valence-electron chi connectivity index (χ3n) is 7.71. The summed E-state index contributed by atoms with van der Waals surface area (Å²) in [5.41, 5.74) is 2.22. The fourth-order valence-electron chi connectivity index (χ4n) is 5.64. The lowest BCUT2D eigenvalue weighted by Crippen LogP contribution is -2.53. The summed E-state index contributed by atoms with van der Waals surface area (Å²) in [5, 5.41) is 3.10. The number of fused-ring (bicyclic) bond motifs is 4. The highest BCUT2D eigenvalue weighted by molar-refractivity contribution is 5.70. The van der Waals surface area contributed by atoms with E-state index in [0.29, 0.717) is 17.5 Å². The molecule has 1 N–H and O–H groups in total. The average molecular weight is 459 g/mol. The molecule has 3 fully saturated rings. The predicted octanol–water partition coefficient (Wildman–Crippen LogP) is 5.60. The van der Waals surface area contributed by atoms with Crippen molar-refractivity contribution < 1.29 is 22.7 Å². The lowest BCUT2D eigenvalue weighted by molar-refractivity contribution is -0.0353. The summed E-state index contributed by atoms with van der Waals surface area (Å²) in [4.78, 5) is 15.2. The molecule has 1 unspecified atom stereocenters. The Balaban J connectivity index is 1.38. The third-order valence-corrected chi connectivity index (χ3v) is 7.71. The van der Waals surface area contributed by atoms with Gasteiger partial charge in [0.2, 0.25) is 0 Å². The van der Waals surface area contributed by atoms with Gasteiger partial charge >= 0.3 is 6.09 Å². The Morgan fingerprint density at radius 3 is 2.48 bits per heavy atom. The molecule has 0 radical (unpaired) electrons. The molecule has 2 aromatic rings. The van der Waals surface area contributed by atoms with Crippen LogP contribution in [0.1, 0.15) is 50.3 Å². The fourth-order valence-corrected chi connectivity index (χ4v) is 5.64. The normalized spacial score (nSPS) is 27.7. The van der Waals surface area contributed by atoms with Gasteiger partial charge in [-0.1, -0.05) is 32.0 Å². The van der Waals surface area contributed by atoms with Crippen molar-refractivity contribution in [3.05, 3.63) is 58.9 Å². The molecule has 3 heterocycles. The number of alkyl carbamates (subject to hydrolysis) is 1. The number of ether oxygens (including phenoxy) is 1. The molecule has 6 rings (SSSR count). The molecule has 1 aliphatic carbocycles. The van der Waals surface area contributed by atoms with Gasteiger partial charge in [-0.25, -0.2) is 18.0 Å². The summed E-state index contributed by atoms with van der Waals surface area (Å²) in [7, 11) is 0. The summed E-state index contributed by atoms with van der Waals surface area (Å²) in [6, 6.07) is 6.56. The van der Waals surface area contributed by atoms with E-state index in [9.17, 15) is 18.0 Å². The van der Waals surface area contributed by atoms with Crippen molar-refractivity contribution in [2.24, 2.45) is 11.3 Å². The van der Waals surface area contributed by atoms with Crippen molar-refractivity contribution in [2.45, 2.75) is 51.7 Å². The molecule has 33 heavy (non-hydrogen) atoms. The Hall–Kier alpha value is -2.54. The van der Waals surface area contributed by atoms with Gasteiger partial charge in [0, 0.05) is 18.2 Å². The van der Waals surface area contributed by atoms with Crippen LogP contribution in [0.5, 0.6) is 0 Å². The summed E-state index contributed by atoms with van der Waals surface area (Å²) in [6.07, 6.45) is 3.22. The Labute approximate surface area is 192 Å². The molecule has 2 atom stereocenters. The van der Waals surface area contributed by atoms with Gasteiger partial charge in [0.25, 0.3) is 0 Å². The van der Waals surface area contributed by atoms with Crippen molar-refractivity contribution in [1.29, 1.82) is 0 Å². The van der Waals surface area contributed by atoms with Crippen LogP contribution in [-0.2, 0) is 11.2 Å². The van der Waals surface area contributed by atoms with Crippen LogP contribution in [0.3, 0.4) is 0 Å². The third kappa shape index (κ3) is 4.23. The zero-order chi connectivity index (χ0) is 23.3. The number of nitrogens with one attached hydrogen (secondary N) is 1. The van der Waals surface area contributed by atoms with E-state index in [2.05, 4.69) is 24.1 Å². The number of nitrogens with zero attached hydrogens (tertiary/aromatic N) is 1. The van der Waals surface area contributed by atoms with Crippen molar-refractivity contribution in [1.82, 2.24) is 10.2 Å². The van der Waals surface area contributed by atoms with E-state index in [1.807, 2.05) is 12.1 Å². The predicted molar refractivity (Wildman–Crippen MR) is 119 cm³/mol. The number of carbonyl (C=O) groups excluding carboxylic acids is 1. The monoisotopic (exact) mass is 458 g/mol. The Bertz CT molecular complexity index is 1080. The number of hydrogen-bond acceptors (Lipinski definition) is 3. The molecular weight excluding hydrogens is 429 g/mol. The van der Waals surface area contributed by atoms with Crippen LogP contribution in [-0.4, -0.2) is 36.7 Å². The van der Waals surface area contributed by atoms with E-state index in [-0.39, 0.29) is 23.1 Å². The first-order valence-corrected chi connectivity index (χ1v) is 11.7. The molecular formula is C26H29F3N2O2. The highest BCUT2D eigenvalue weighted by Crippen LogP contribution is 2.45. The number of aryl methyl sites for hydroxylation is 1. The fraction of sp³-hybridized carbons (Fsp3) is 0.500. The molecule has 4 aliphatic rings. The molecule has 3 saturated heterocycles. The smallest absolute Gasteiger partial charge is 0.407 e. The maximum atomic E-state index is 14.3. The van der Waals surface area contributed by atoms with Crippen LogP contribution in [0.2, 0.25) is 0 Å². The topological polar surface area (TPSA) is 41.6 Å². The van der Waals surface area contributed by atoms with Crippen molar-refractivity contribution in [3.8, 4) is 11.1 Å². The Morgan fingerprint density at radius 2 is 1.79 bits per heavy atom. The largest absolute Gasteiger partial charge is 0.445 e. The number of hydrogen-bond donors (Lipinski definition) is 1. The van der Waals surface area contributed by atoms with Crippen LogP contribution in [0.4, 0.5) is 18.0 Å². The lowest BCUT2D eigenvalue weighted by atomic mass is 9.70. The van der Waals surface area contributed by atoms with Gasteiger partial charge in [-0.2, -0.15) is 0 Å². The molecule has 176 valence electrons. The van der Waals surface area contributed by atoms with Gasteiger partial charge in [-0.3, -0.25) is 4.90 Å². The molecule has 4 nitrogen and oxygen atoms in total. The SMILES string of the molecule is CC1(C)CCc2cc(-c3cc(F)c(F)cc3F)ccc2C1NC(=O)O[C@@H]1CN2CCC1CC2. The zero-order valence-corrected chi connectivity index (χ0v) is 19.0. The summed E-state index contributed by atoms with van der Waals surface area (Å²) < 4.78 is 47.3. The highest BCUT2D eigenvalue weighted by Gasteiger charge is 2.40. The number of piperidine rings is 3. The Morgan fingerprint density at radius 1 is 1.06 bits per heavy atom. The first kappa shape index (κ1) is 22.3. The average Bonchev–Trinajstić information content (AvgIpc) is 2.79. The van der Waals surface area contributed by atoms with Gasteiger partial charge in [-0.05, 0) is 72.9 Å². The van der Waals surface area contributed by atoms with E-state index < -0.39 is 23.5 Å². The zero-order valence-electron chi connectivity index (χ0n) is 19.0. The van der Waals surface area contributed by atoms with E-state index in [4.69, 9.17) is 4.74 Å². The summed E-state index contributed by atoms with van der Waals surface area (Å²) >= 11 is 0. The van der Waals surface area contributed by atoms with Crippen LogP contribution in [0, 0.1) is 28.8 Å². The number of amides is 1. The summed E-state index contributed by atoms with van der Waals surface area (Å²) in [5.74, 6) is -2.66. The van der Waals surface area contributed by atoms with Gasteiger partial charge < -0.3 is 10.1 Å². The molecule has 3 aliphatic heterocycles. The molecule has 2 bridgehead atoms. The lowest BCUT2D eigenvalue weighted by Gasteiger charge is -2.44. The molecule has 0 saturated carbocycles. The summed E-state index contributed by atoms with van der Waals surface area (Å²) in [6.45, 7) is 7.17. The molecule has 7 heteroatoms. The quantitative estimate of drug-likeness (QED) is 0.609. The van der Waals surface area contributed by atoms with Gasteiger partial charge in [0.05, 0.1) is 6.04 Å². The van der Waals surface area contributed by atoms with Crippen molar-refractivity contribution in [2.75, 3.05) is 19.6 Å². The Kier molecular flexibility index (Phi) is 5.63. The first-order chi connectivity index (χ1) is 15.7. The maximum absolute atomic E-state index is 14.3. The minimum atomic E-state index is -1.21. The van der Waals surface area contributed by atoms with Gasteiger partial charge in [0.1, 0.15) is 11.9 Å². The number of halogens is 3. The minimum Gasteiger partial charge on any atom is -0.445 e.